The van der Waals surface area contributed by atoms with Gasteiger partial charge in [-0.3, -0.25) is 4.72 Å². The predicted octanol–water partition coefficient (Wildman–Crippen LogP) is 4.38. The van der Waals surface area contributed by atoms with E-state index in [1.54, 1.807) is 19.1 Å². The molecule has 0 spiro atoms. The summed E-state index contributed by atoms with van der Waals surface area (Å²) >= 11 is 5.78. The molecule has 0 saturated carbocycles. The zero-order chi connectivity index (χ0) is 21.2. The van der Waals surface area contributed by atoms with Gasteiger partial charge < -0.3 is 4.57 Å². The molecule has 30 heavy (non-hydrogen) atoms. The largest absolute Gasteiger partial charge is 0.346 e. The van der Waals surface area contributed by atoms with Crippen LogP contribution in [0.3, 0.4) is 0 Å². The van der Waals surface area contributed by atoms with Crippen LogP contribution in [0.1, 0.15) is 40.6 Å². The number of sulfonamides is 1. The molecule has 0 atom stereocenters. The van der Waals surface area contributed by atoms with Crippen molar-refractivity contribution in [2.24, 2.45) is 7.05 Å². The Balaban J connectivity index is 0.00000320. The first-order valence-corrected chi connectivity index (χ1v) is 11.6. The molecule has 0 unspecified atom stereocenters. The van der Waals surface area contributed by atoms with Gasteiger partial charge in [-0.05, 0) is 55.7 Å². The van der Waals surface area contributed by atoms with Crippen LogP contribution in [0.25, 0.3) is 0 Å². The molecule has 3 rings (SSSR count). The van der Waals surface area contributed by atoms with Gasteiger partial charge in [-0.1, -0.05) is 54.2 Å². The van der Waals surface area contributed by atoms with Crippen LogP contribution in [0.2, 0.25) is 0 Å². The second kappa shape index (κ2) is 10.2. The summed E-state index contributed by atoms with van der Waals surface area (Å²) in [5, 5.41) is 0. The minimum atomic E-state index is -3.26. The minimum absolute atomic E-state index is 0. The van der Waals surface area contributed by atoms with Crippen LogP contribution in [-0.2, 0) is 23.5 Å². The Labute approximate surface area is 207 Å². The van der Waals surface area contributed by atoms with E-state index >= 15 is 0 Å². The van der Waals surface area contributed by atoms with Crippen molar-refractivity contribution in [3.8, 4) is 0 Å². The van der Waals surface area contributed by atoms with E-state index in [9.17, 15) is 8.42 Å². The first kappa shape index (κ1) is 24.8. The maximum absolute atomic E-state index is 11.7. The SMILES string of the molecule is CCS(=O)(=O)Nc1ccc(Cc2cc(C)c(C(=S)c3ccc(C)cc3)n2C)cc1.[Na]. The number of anilines is 1. The van der Waals surface area contributed by atoms with Crippen molar-refractivity contribution in [1.29, 1.82) is 0 Å². The average Bonchev–Trinajstić information content (AvgIpc) is 2.96. The topological polar surface area (TPSA) is 51.1 Å². The zero-order valence-electron chi connectivity index (χ0n) is 18.2. The predicted molar refractivity (Wildman–Crippen MR) is 130 cm³/mol. The fourth-order valence-corrected chi connectivity index (χ4v) is 4.39. The van der Waals surface area contributed by atoms with Gasteiger partial charge in [0.05, 0.1) is 16.3 Å². The van der Waals surface area contributed by atoms with Gasteiger partial charge >= 0.3 is 0 Å². The van der Waals surface area contributed by atoms with Crippen LogP contribution in [-0.4, -0.2) is 53.2 Å². The second-order valence-corrected chi connectivity index (χ2v) is 9.72. The van der Waals surface area contributed by atoms with E-state index in [0.29, 0.717) is 5.69 Å². The quantitative estimate of drug-likeness (QED) is 0.331. The van der Waals surface area contributed by atoms with E-state index < -0.39 is 10.0 Å². The zero-order valence-corrected chi connectivity index (χ0v) is 21.8. The molecule has 2 aromatic carbocycles. The van der Waals surface area contributed by atoms with E-state index in [-0.39, 0.29) is 35.3 Å². The molecule has 3 aromatic rings. The van der Waals surface area contributed by atoms with Crippen LogP contribution >= 0.6 is 12.2 Å². The molecular weight excluding hydrogens is 423 g/mol. The number of thiocarbonyl (C=S) groups is 1. The van der Waals surface area contributed by atoms with Gasteiger partial charge in [0.25, 0.3) is 0 Å². The average molecular weight is 450 g/mol. The third kappa shape index (κ3) is 5.83. The van der Waals surface area contributed by atoms with E-state index in [1.807, 2.05) is 19.2 Å². The maximum atomic E-state index is 11.7. The molecule has 0 fully saturated rings. The third-order valence-electron chi connectivity index (χ3n) is 5.04. The van der Waals surface area contributed by atoms with Gasteiger partial charge in [-0.2, -0.15) is 0 Å². The minimum Gasteiger partial charge on any atom is -0.346 e. The summed E-state index contributed by atoms with van der Waals surface area (Å²) in [4.78, 5) is 0.848. The van der Waals surface area contributed by atoms with Crippen molar-refractivity contribution in [1.82, 2.24) is 4.57 Å². The van der Waals surface area contributed by atoms with E-state index in [2.05, 4.69) is 53.5 Å². The van der Waals surface area contributed by atoms with Crippen molar-refractivity contribution in [2.75, 3.05) is 10.5 Å². The third-order valence-corrected chi connectivity index (χ3v) is 6.78. The van der Waals surface area contributed by atoms with Gasteiger partial charge in [0.15, 0.2) is 0 Å². The van der Waals surface area contributed by atoms with Gasteiger partial charge in [0.1, 0.15) is 0 Å². The standard InChI is InChI=1S/C23H26N2O2S2.Na/c1-5-29(26,27)24-20-12-8-18(9-13-20)15-21-14-17(3)22(25(21)4)23(28)19-10-6-16(2)7-11-19;/h6-14,24H,5,15H2,1-4H3;. The van der Waals surface area contributed by atoms with E-state index in [0.717, 1.165) is 39.4 Å². The molecule has 0 bridgehead atoms. The number of benzene rings is 2. The molecule has 1 radical (unpaired) electrons. The summed E-state index contributed by atoms with van der Waals surface area (Å²) in [6.07, 6.45) is 0.745. The fourth-order valence-electron chi connectivity index (χ4n) is 3.32. The Morgan fingerprint density at radius 2 is 1.63 bits per heavy atom. The molecule has 0 aliphatic heterocycles. The number of nitrogens with zero attached hydrogens (tertiary/aromatic N) is 1. The van der Waals surface area contributed by atoms with Gasteiger partial charge in [0, 0.05) is 54.4 Å². The van der Waals surface area contributed by atoms with Crippen LogP contribution in [0.15, 0.2) is 54.6 Å². The van der Waals surface area contributed by atoms with Crippen molar-refractivity contribution in [3.63, 3.8) is 0 Å². The molecule has 4 nitrogen and oxygen atoms in total. The number of nitrogens with one attached hydrogen (secondary N) is 1. The van der Waals surface area contributed by atoms with Crippen LogP contribution in [0, 0.1) is 13.8 Å². The Kier molecular flexibility index (Phi) is 8.48. The second-order valence-electron chi connectivity index (χ2n) is 7.30. The van der Waals surface area contributed by atoms with Gasteiger partial charge in [0.2, 0.25) is 10.0 Å². The number of aromatic nitrogens is 1. The smallest absolute Gasteiger partial charge is 0.232 e. The molecule has 0 aliphatic rings. The molecule has 153 valence electrons. The fraction of sp³-hybridized carbons (Fsp3) is 0.261. The summed E-state index contributed by atoms with van der Waals surface area (Å²) in [5.74, 6) is 0.0566. The summed E-state index contributed by atoms with van der Waals surface area (Å²) in [6, 6.07) is 18.0. The Morgan fingerprint density at radius 1 is 1.03 bits per heavy atom. The molecule has 0 amide bonds. The summed E-state index contributed by atoms with van der Waals surface area (Å²) in [6.45, 7) is 5.77. The maximum Gasteiger partial charge on any atom is 0.232 e. The Bertz CT molecular complexity index is 1130. The normalized spacial score (nSPS) is 11.1. The molecule has 1 heterocycles. The van der Waals surface area contributed by atoms with E-state index in [1.165, 1.54) is 5.56 Å². The number of hydrogen-bond acceptors (Lipinski definition) is 3. The summed E-state index contributed by atoms with van der Waals surface area (Å²) < 4.78 is 28.1. The molecule has 0 aliphatic carbocycles. The monoisotopic (exact) mass is 449 g/mol. The molecular formula is C23H26N2NaO2S2. The van der Waals surface area contributed by atoms with Crippen molar-refractivity contribution in [2.45, 2.75) is 27.2 Å². The van der Waals surface area contributed by atoms with Gasteiger partial charge in [-0.25, -0.2) is 8.42 Å². The van der Waals surface area contributed by atoms with Crippen molar-refractivity contribution >= 4 is 62.4 Å². The summed E-state index contributed by atoms with van der Waals surface area (Å²) in [7, 11) is -1.22. The van der Waals surface area contributed by atoms with Crippen molar-refractivity contribution < 1.29 is 8.42 Å². The Hall–Kier alpha value is -1.44. The first-order chi connectivity index (χ1) is 13.7. The van der Waals surface area contributed by atoms with E-state index in [4.69, 9.17) is 12.2 Å². The van der Waals surface area contributed by atoms with Crippen molar-refractivity contribution in [3.05, 3.63) is 88.2 Å². The molecule has 1 N–H and O–H groups in total. The van der Waals surface area contributed by atoms with Crippen LogP contribution in [0.4, 0.5) is 5.69 Å². The number of rotatable bonds is 7. The number of hydrogen-bond donors (Lipinski definition) is 1. The number of aryl methyl sites for hydroxylation is 2. The molecule has 7 heteroatoms. The molecule has 0 saturated heterocycles. The first-order valence-electron chi connectivity index (χ1n) is 9.56. The molecule has 1 aromatic heterocycles. The van der Waals surface area contributed by atoms with Crippen LogP contribution in [0.5, 0.6) is 0 Å². The Morgan fingerprint density at radius 3 is 2.20 bits per heavy atom. The van der Waals surface area contributed by atoms with Gasteiger partial charge in [-0.15, -0.1) is 0 Å². The summed E-state index contributed by atoms with van der Waals surface area (Å²) in [5.41, 5.74) is 7.33. The van der Waals surface area contributed by atoms with Crippen LogP contribution < -0.4 is 4.72 Å².